The molecule has 5 nitrogen and oxygen atoms in total. The first-order valence-electron chi connectivity index (χ1n) is 10.1. The molecule has 0 saturated carbocycles. The predicted octanol–water partition coefficient (Wildman–Crippen LogP) is 5.70. The molecule has 6 heteroatoms. The molecule has 1 aliphatic rings. The van der Waals surface area contributed by atoms with E-state index >= 15 is 0 Å². The molecule has 2 aromatic carbocycles. The van der Waals surface area contributed by atoms with Crippen molar-refractivity contribution in [2.75, 3.05) is 25.6 Å². The highest BCUT2D eigenvalue weighted by Gasteiger charge is 2.31. The zero-order chi connectivity index (χ0) is 21.1. The smallest absolute Gasteiger partial charge is 0.225 e. The summed E-state index contributed by atoms with van der Waals surface area (Å²) < 4.78 is 16.7. The molecule has 1 N–H and O–H groups in total. The maximum absolute atomic E-state index is 12.6. The Kier molecular flexibility index (Phi) is 5.95. The van der Waals surface area contributed by atoms with Gasteiger partial charge < -0.3 is 19.5 Å². The number of carbonyl (C=O) groups excluding carboxylic acids is 1. The molecule has 1 aromatic heterocycles. The van der Waals surface area contributed by atoms with E-state index in [2.05, 4.69) is 10.7 Å². The summed E-state index contributed by atoms with van der Waals surface area (Å²) in [5.74, 6) is 2.26. The topological polar surface area (TPSA) is 56.8 Å². The fourth-order valence-corrected chi connectivity index (χ4v) is 4.92. The van der Waals surface area contributed by atoms with Gasteiger partial charge in [-0.05, 0) is 49.2 Å². The number of fused-ring (bicyclic) bond motifs is 1. The van der Waals surface area contributed by atoms with Crippen LogP contribution in [-0.4, -0.2) is 26.2 Å². The Morgan fingerprint density at radius 2 is 1.77 bits per heavy atom. The van der Waals surface area contributed by atoms with Crippen molar-refractivity contribution in [2.24, 2.45) is 0 Å². The average Bonchev–Trinajstić information content (AvgIpc) is 3.18. The predicted molar refractivity (Wildman–Crippen MR) is 120 cm³/mol. The average molecular weight is 424 g/mol. The molecular weight excluding hydrogens is 398 g/mol. The molecule has 1 atom stereocenters. The van der Waals surface area contributed by atoms with Gasteiger partial charge in [-0.25, -0.2) is 0 Å². The van der Waals surface area contributed by atoms with Crippen LogP contribution in [0.3, 0.4) is 0 Å². The largest absolute Gasteiger partial charge is 0.497 e. The summed E-state index contributed by atoms with van der Waals surface area (Å²) >= 11 is 1.68. The standard InChI is InChI=1S/C24H25NO4S/c1-4-28-20-11-8-16(12-21(20)29-5-2)18-13-22(26)25-23-19(14-30-24(18)23)15-6-9-17(27-3)10-7-15/h6-12,14,18H,4-5,13H2,1-3H3,(H,25,26)/t18-/m0/s1. The number of nitrogens with one attached hydrogen (secondary N) is 1. The molecule has 0 radical (unpaired) electrons. The van der Waals surface area contributed by atoms with Crippen LogP contribution in [0.15, 0.2) is 47.8 Å². The van der Waals surface area contributed by atoms with Gasteiger partial charge in [0.15, 0.2) is 11.5 Å². The number of amides is 1. The fraction of sp³-hybridized carbons (Fsp3) is 0.292. The third-order valence-electron chi connectivity index (χ3n) is 5.16. The maximum Gasteiger partial charge on any atom is 0.225 e. The lowest BCUT2D eigenvalue weighted by Crippen LogP contribution is -2.22. The van der Waals surface area contributed by atoms with E-state index < -0.39 is 0 Å². The van der Waals surface area contributed by atoms with Gasteiger partial charge in [0, 0.05) is 28.2 Å². The van der Waals surface area contributed by atoms with Gasteiger partial charge in [0.2, 0.25) is 5.91 Å². The zero-order valence-corrected chi connectivity index (χ0v) is 18.2. The molecule has 0 bridgehead atoms. The van der Waals surface area contributed by atoms with E-state index in [1.807, 2.05) is 56.3 Å². The van der Waals surface area contributed by atoms with Crippen LogP contribution >= 0.6 is 11.3 Å². The number of ether oxygens (including phenoxy) is 3. The van der Waals surface area contributed by atoms with Crippen LogP contribution in [0.2, 0.25) is 0 Å². The van der Waals surface area contributed by atoms with E-state index in [1.54, 1.807) is 18.4 Å². The van der Waals surface area contributed by atoms with Crippen LogP contribution in [-0.2, 0) is 4.79 Å². The molecular formula is C24H25NO4S. The molecule has 0 aliphatic carbocycles. The summed E-state index contributed by atoms with van der Waals surface area (Å²) in [6.07, 6.45) is 0.412. The van der Waals surface area contributed by atoms with E-state index in [0.717, 1.165) is 44.5 Å². The van der Waals surface area contributed by atoms with Crippen LogP contribution in [0.5, 0.6) is 17.2 Å². The Bertz CT molecular complexity index is 1040. The summed E-state index contributed by atoms with van der Waals surface area (Å²) in [4.78, 5) is 13.7. The lowest BCUT2D eigenvalue weighted by atomic mass is 9.89. The van der Waals surface area contributed by atoms with Crippen LogP contribution in [0, 0.1) is 0 Å². The van der Waals surface area contributed by atoms with Crippen molar-refractivity contribution in [2.45, 2.75) is 26.2 Å². The van der Waals surface area contributed by atoms with E-state index in [4.69, 9.17) is 14.2 Å². The van der Waals surface area contributed by atoms with Crippen LogP contribution < -0.4 is 19.5 Å². The number of rotatable bonds is 7. The van der Waals surface area contributed by atoms with Crippen molar-refractivity contribution in [3.63, 3.8) is 0 Å². The lowest BCUT2D eigenvalue weighted by Gasteiger charge is -2.25. The molecule has 3 aromatic rings. The minimum Gasteiger partial charge on any atom is -0.497 e. The van der Waals surface area contributed by atoms with Gasteiger partial charge in [0.1, 0.15) is 5.75 Å². The van der Waals surface area contributed by atoms with E-state index in [0.29, 0.717) is 19.6 Å². The first kappa shape index (κ1) is 20.3. The Morgan fingerprint density at radius 3 is 2.47 bits per heavy atom. The van der Waals surface area contributed by atoms with Crippen molar-refractivity contribution in [1.82, 2.24) is 0 Å². The second-order valence-corrected chi connectivity index (χ2v) is 7.91. The van der Waals surface area contributed by atoms with Crippen LogP contribution in [0.1, 0.15) is 36.6 Å². The van der Waals surface area contributed by atoms with Gasteiger partial charge in [-0.15, -0.1) is 11.3 Å². The maximum atomic E-state index is 12.6. The first-order valence-corrected chi connectivity index (χ1v) is 11.0. The minimum atomic E-state index is -0.0133. The molecule has 156 valence electrons. The van der Waals surface area contributed by atoms with Gasteiger partial charge in [-0.2, -0.15) is 0 Å². The van der Waals surface area contributed by atoms with E-state index in [1.165, 1.54) is 0 Å². The van der Waals surface area contributed by atoms with E-state index in [-0.39, 0.29) is 11.8 Å². The molecule has 1 amide bonds. The molecule has 0 unspecified atom stereocenters. The normalized spacial score (nSPS) is 15.3. The SMILES string of the molecule is CCOc1ccc([C@@H]2CC(=O)Nc3c(-c4ccc(OC)cc4)csc32)cc1OCC. The molecule has 0 fully saturated rings. The van der Waals surface area contributed by atoms with Crippen molar-refractivity contribution in [3.05, 3.63) is 58.3 Å². The second-order valence-electron chi connectivity index (χ2n) is 6.99. The highest BCUT2D eigenvalue weighted by Crippen LogP contribution is 2.47. The number of hydrogen-bond donors (Lipinski definition) is 1. The number of anilines is 1. The molecule has 2 heterocycles. The van der Waals surface area contributed by atoms with Crippen LogP contribution in [0.4, 0.5) is 5.69 Å². The van der Waals surface area contributed by atoms with Gasteiger partial charge in [0.25, 0.3) is 0 Å². The minimum absolute atomic E-state index is 0.0133. The van der Waals surface area contributed by atoms with Crippen molar-refractivity contribution in [3.8, 4) is 28.4 Å². The number of methoxy groups -OCH3 is 1. The molecule has 4 rings (SSSR count). The highest BCUT2D eigenvalue weighted by atomic mass is 32.1. The van der Waals surface area contributed by atoms with E-state index in [9.17, 15) is 4.79 Å². The fourth-order valence-electron chi connectivity index (χ4n) is 3.76. The van der Waals surface area contributed by atoms with Crippen molar-refractivity contribution in [1.29, 1.82) is 0 Å². The summed E-state index contributed by atoms with van der Waals surface area (Å²) in [5.41, 5.74) is 4.04. The van der Waals surface area contributed by atoms with Gasteiger partial charge in [0.05, 0.1) is 26.0 Å². The number of carbonyl (C=O) groups is 1. The van der Waals surface area contributed by atoms with Gasteiger partial charge >= 0.3 is 0 Å². The summed E-state index contributed by atoms with van der Waals surface area (Å²) in [5, 5.41) is 5.21. The molecule has 1 aliphatic heterocycles. The molecule has 0 spiro atoms. The Labute approximate surface area is 180 Å². The monoisotopic (exact) mass is 423 g/mol. The first-order chi connectivity index (χ1) is 14.6. The molecule has 30 heavy (non-hydrogen) atoms. The quantitative estimate of drug-likeness (QED) is 0.530. The number of benzene rings is 2. The second kappa shape index (κ2) is 8.79. The van der Waals surface area contributed by atoms with Crippen molar-refractivity contribution >= 4 is 22.9 Å². The molecule has 0 saturated heterocycles. The van der Waals surface area contributed by atoms with Gasteiger partial charge in [-0.3, -0.25) is 4.79 Å². The number of thiophene rings is 1. The summed E-state index contributed by atoms with van der Waals surface area (Å²) in [7, 11) is 1.65. The Balaban J connectivity index is 1.73. The van der Waals surface area contributed by atoms with Crippen molar-refractivity contribution < 1.29 is 19.0 Å². The number of hydrogen-bond acceptors (Lipinski definition) is 5. The summed E-state index contributed by atoms with van der Waals surface area (Å²) in [6, 6.07) is 13.9. The van der Waals surface area contributed by atoms with Crippen LogP contribution in [0.25, 0.3) is 11.1 Å². The third kappa shape index (κ3) is 3.87. The lowest BCUT2D eigenvalue weighted by molar-refractivity contribution is -0.116. The third-order valence-corrected chi connectivity index (χ3v) is 6.26. The summed E-state index contributed by atoms with van der Waals surface area (Å²) in [6.45, 7) is 5.04. The highest BCUT2D eigenvalue weighted by molar-refractivity contribution is 7.11. The van der Waals surface area contributed by atoms with Gasteiger partial charge in [-0.1, -0.05) is 18.2 Å². The Hall–Kier alpha value is -2.99. The zero-order valence-electron chi connectivity index (χ0n) is 17.4. The Morgan fingerprint density at radius 1 is 1.03 bits per heavy atom.